The van der Waals surface area contributed by atoms with E-state index >= 15 is 0 Å². The Bertz CT molecular complexity index is 2010. The van der Waals surface area contributed by atoms with E-state index in [1.807, 2.05) is 36.4 Å². The highest BCUT2D eigenvalue weighted by atomic mass is 16.3. The number of nitrogens with zero attached hydrogens (tertiary/aromatic N) is 2. The monoisotopic (exact) mass is 476 g/mol. The molecule has 5 aromatic carbocycles. The van der Waals surface area contributed by atoms with Crippen molar-refractivity contribution in [3.63, 3.8) is 0 Å². The molecular weight excluding hydrogens is 452 g/mol. The largest absolute Gasteiger partial charge is 0.436 e. The van der Waals surface area contributed by atoms with Crippen molar-refractivity contribution in [1.29, 1.82) is 0 Å². The van der Waals surface area contributed by atoms with Crippen LogP contribution in [0.5, 0.6) is 0 Å². The van der Waals surface area contributed by atoms with E-state index < -0.39 is 0 Å². The molecule has 7 aromatic rings. The molecule has 0 amide bonds. The van der Waals surface area contributed by atoms with Crippen LogP contribution in [0.25, 0.3) is 61.2 Å². The topological polar surface area (TPSA) is 31.0 Å². The Morgan fingerprint density at radius 1 is 0.676 bits per heavy atom. The Kier molecular flexibility index (Phi) is 4.00. The first-order chi connectivity index (χ1) is 18.1. The van der Waals surface area contributed by atoms with Crippen molar-refractivity contribution >= 4 is 32.9 Å². The Morgan fingerprint density at radius 3 is 2.35 bits per heavy atom. The maximum Gasteiger partial charge on any atom is 0.227 e. The second kappa shape index (κ2) is 7.21. The number of oxazole rings is 1. The summed E-state index contributed by atoms with van der Waals surface area (Å²) in [5.41, 5.74) is 11.3. The lowest BCUT2D eigenvalue weighted by Crippen LogP contribution is -2.26. The zero-order valence-electron chi connectivity index (χ0n) is 20.7. The summed E-state index contributed by atoms with van der Waals surface area (Å²) < 4.78 is 8.67. The van der Waals surface area contributed by atoms with Crippen LogP contribution in [-0.2, 0) is 5.41 Å². The van der Waals surface area contributed by atoms with E-state index in [2.05, 4.69) is 91.2 Å². The fourth-order valence-electron chi connectivity index (χ4n) is 6.21. The molecule has 0 spiro atoms. The predicted molar refractivity (Wildman–Crippen MR) is 151 cm³/mol. The van der Waals surface area contributed by atoms with Gasteiger partial charge in [-0.3, -0.25) is 0 Å². The van der Waals surface area contributed by atoms with Gasteiger partial charge in [0.05, 0.1) is 16.7 Å². The van der Waals surface area contributed by atoms with Crippen molar-refractivity contribution < 1.29 is 4.42 Å². The minimum Gasteiger partial charge on any atom is -0.436 e. The van der Waals surface area contributed by atoms with Crippen LogP contribution in [0.4, 0.5) is 0 Å². The van der Waals surface area contributed by atoms with Gasteiger partial charge in [0.25, 0.3) is 0 Å². The van der Waals surface area contributed by atoms with Gasteiger partial charge in [0, 0.05) is 27.3 Å². The molecule has 1 aliphatic rings. The average Bonchev–Trinajstić information content (AvgIpc) is 3.52. The van der Waals surface area contributed by atoms with Crippen LogP contribution >= 0.6 is 0 Å². The van der Waals surface area contributed by atoms with E-state index in [1.165, 1.54) is 38.6 Å². The molecule has 3 heterocycles. The van der Waals surface area contributed by atoms with Gasteiger partial charge in [0.15, 0.2) is 5.58 Å². The molecule has 37 heavy (non-hydrogen) atoms. The molecule has 0 unspecified atom stereocenters. The normalized spacial score (nSPS) is 13.9. The van der Waals surface area contributed by atoms with Crippen LogP contribution in [-0.4, -0.2) is 9.55 Å². The molecule has 0 saturated carbocycles. The number of rotatable bonds is 2. The van der Waals surface area contributed by atoms with Gasteiger partial charge in [-0.15, -0.1) is 0 Å². The molecular formula is C34H24N2O. The number of benzene rings is 5. The zero-order chi connectivity index (χ0) is 24.7. The third-order valence-corrected chi connectivity index (χ3v) is 8.01. The Labute approximate surface area is 214 Å². The molecule has 0 fully saturated rings. The van der Waals surface area contributed by atoms with E-state index in [-0.39, 0.29) is 5.41 Å². The van der Waals surface area contributed by atoms with Gasteiger partial charge in [0.2, 0.25) is 5.89 Å². The Morgan fingerprint density at radius 2 is 1.46 bits per heavy atom. The number of fused-ring (bicyclic) bond motifs is 6. The van der Waals surface area contributed by atoms with Gasteiger partial charge in [-0.2, -0.15) is 0 Å². The molecule has 0 saturated heterocycles. The molecule has 0 bridgehead atoms. The number of hydrogen-bond donors (Lipinski definition) is 0. The second-order valence-corrected chi connectivity index (χ2v) is 10.5. The molecule has 0 radical (unpaired) electrons. The van der Waals surface area contributed by atoms with E-state index in [4.69, 9.17) is 9.40 Å². The minimum absolute atomic E-state index is 0.151. The summed E-state index contributed by atoms with van der Waals surface area (Å²) >= 11 is 0. The lowest BCUT2D eigenvalue weighted by Gasteiger charge is -2.35. The summed E-state index contributed by atoms with van der Waals surface area (Å²) in [6.45, 7) is 4.69. The lowest BCUT2D eigenvalue weighted by molar-refractivity contribution is 0.620. The number of para-hydroxylation sites is 3. The minimum atomic E-state index is -0.151. The smallest absolute Gasteiger partial charge is 0.227 e. The second-order valence-electron chi connectivity index (χ2n) is 10.5. The molecule has 8 rings (SSSR count). The fraction of sp³-hybridized carbons (Fsp3) is 0.0882. The van der Waals surface area contributed by atoms with Crippen molar-refractivity contribution in [3.05, 3.63) is 120 Å². The van der Waals surface area contributed by atoms with Crippen LogP contribution < -0.4 is 0 Å². The van der Waals surface area contributed by atoms with Gasteiger partial charge >= 0.3 is 0 Å². The van der Waals surface area contributed by atoms with Gasteiger partial charge in [0.1, 0.15) is 5.52 Å². The fourth-order valence-corrected chi connectivity index (χ4v) is 6.21. The molecule has 176 valence electrons. The maximum absolute atomic E-state index is 6.22. The Balaban J connectivity index is 1.47. The molecule has 0 aliphatic carbocycles. The predicted octanol–water partition coefficient (Wildman–Crippen LogP) is 8.90. The highest BCUT2D eigenvalue weighted by molar-refractivity contribution is 6.13. The van der Waals surface area contributed by atoms with Crippen LogP contribution in [0, 0.1) is 0 Å². The Hall–Kier alpha value is -4.63. The summed E-state index contributed by atoms with van der Waals surface area (Å²) in [6.07, 6.45) is 0. The quantitative estimate of drug-likeness (QED) is 0.249. The SMILES string of the molecule is CC1(C)c2ccccc2-n2c3ccccc3c3cc(-c4cccc5oc(-c6ccccc6)nc45)cc1c32. The zero-order valence-corrected chi connectivity index (χ0v) is 20.7. The van der Waals surface area contributed by atoms with Gasteiger partial charge in [-0.05, 0) is 59.2 Å². The average molecular weight is 477 g/mol. The summed E-state index contributed by atoms with van der Waals surface area (Å²) in [6, 6.07) is 38.6. The molecule has 1 aliphatic heterocycles. The summed E-state index contributed by atoms with van der Waals surface area (Å²) in [4.78, 5) is 4.98. The maximum atomic E-state index is 6.22. The van der Waals surface area contributed by atoms with Gasteiger partial charge < -0.3 is 8.98 Å². The molecule has 2 aromatic heterocycles. The van der Waals surface area contributed by atoms with Crippen molar-refractivity contribution in [2.45, 2.75) is 19.3 Å². The number of hydrogen-bond acceptors (Lipinski definition) is 2. The van der Waals surface area contributed by atoms with Crippen molar-refractivity contribution in [2.75, 3.05) is 0 Å². The standard InChI is InChI=1S/C34H24N2O/c1-34(2)26-15-7-9-17-29(26)36-28-16-8-6-13-24(28)25-19-22(20-27(34)32(25)36)23-14-10-18-30-31(23)35-33(37-30)21-11-4-3-5-12-21/h3-20H,1-2H3. The first-order valence-corrected chi connectivity index (χ1v) is 12.7. The highest BCUT2D eigenvalue weighted by Crippen LogP contribution is 2.49. The number of aromatic nitrogens is 2. The summed E-state index contributed by atoms with van der Waals surface area (Å²) in [5.74, 6) is 0.649. The van der Waals surface area contributed by atoms with Crippen LogP contribution in [0.3, 0.4) is 0 Å². The van der Waals surface area contributed by atoms with Crippen LogP contribution in [0.1, 0.15) is 25.0 Å². The van der Waals surface area contributed by atoms with E-state index in [0.717, 1.165) is 27.8 Å². The van der Waals surface area contributed by atoms with E-state index in [0.29, 0.717) is 5.89 Å². The summed E-state index contributed by atoms with van der Waals surface area (Å²) in [7, 11) is 0. The van der Waals surface area contributed by atoms with E-state index in [9.17, 15) is 0 Å². The molecule has 3 nitrogen and oxygen atoms in total. The third kappa shape index (κ3) is 2.74. The molecule has 0 atom stereocenters. The molecule has 0 N–H and O–H groups in total. The van der Waals surface area contributed by atoms with Crippen molar-refractivity contribution in [3.8, 4) is 28.3 Å². The third-order valence-electron chi connectivity index (χ3n) is 8.01. The van der Waals surface area contributed by atoms with Crippen molar-refractivity contribution in [1.82, 2.24) is 9.55 Å². The highest BCUT2D eigenvalue weighted by Gasteiger charge is 2.35. The van der Waals surface area contributed by atoms with Gasteiger partial charge in [-0.25, -0.2) is 4.98 Å². The van der Waals surface area contributed by atoms with Crippen LogP contribution in [0.15, 0.2) is 114 Å². The molecule has 3 heteroatoms. The van der Waals surface area contributed by atoms with Crippen molar-refractivity contribution in [2.24, 2.45) is 0 Å². The first kappa shape index (κ1) is 20.6. The van der Waals surface area contributed by atoms with E-state index in [1.54, 1.807) is 0 Å². The lowest BCUT2D eigenvalue weighted by atomic mass is 9.74. The van der Waals surface area contributed by atoms with Gasteiger partial charge in [-0.1, -0.05) is 80.6 Å². The van der Waals surface area contributed by atoms with Crippen LogP contribution in [0.2, 0.25) is 0 Å². The first-order valence-electron chi connectivity index (χ1n) is 12.7. The summed E-state index contributed by atoms with van der Waals surface area (Å²) in [5, 5.41) is 2.54.